The van der Waals surface area contributed by atoms with Gasteiger partial charge in [-0.25, -0.2) is 4.39 Å². The summed E-state index contributed by atoms with van der Waals surface area (Å²) in [5, 5.41) is 12.4. The topological polar surface area (TPSA) is 49.3 Å². The number of carbonyl (C=O) groups excluding carboxylic acids is 1. The van der Waals surface area contributed by atoms with Gasteiger partial charge in [0.15, 0.2) is 0 Å². The lowest BCUT2D eigenvalue weighted by molar-refractivity contribution is 0.0923. The monoisotopic (exact) mass is 251 g/mol. The van der Waals surface area contributed by atoms with Gasteiger partial charge in [-0.3, -0.25) is 4.79 Å². The molecule has 98 valence electrons. The minimum Gasteiger partial charge on any atom is -0.508 e. The second-order valence-corrected chi connectivity index (χ2v) is 4.93. The molecular formula is C14H18FNO2. The summed E-state index contributed by atoms with van der Waals surface area (Å²) in [6.07, 6.45) is 5.31. The molecule has 0 saturated heterocycles. The maximum Gasteiger partial charge on any atom is 0.254 e. The Morgan fingerprint density at radius 1 is 1.33 bits per heavy atom. The van der Waals surface area contributed by atoms with Gasteiger partial charge in [0.25, 0.3) is 5.91 Å². The molecule has 0 aromatic heterocycles. The largest absolute Gasteiger partial charge is 0.508 e. The van der Waals surface area contributed by atoms with Crippen LogP contribution in [0.5, 0.6) is 5.75 Å². The van der Waals surface area contributed by atoms with Gasteiger partial charge in [-0.2, -0.15) is 0 Å². The van der Waals surface area contributed by atoms with Crippen LogP contribution < -0.4 is 5.32 Å². The average Bonchev–Trinajstić information content (AvgIpc) is 2.35. The predicted molar refractivity (Wildman–Crippen MR) is 67.1 cm³/mol. The van der Waals surface area contributed by atoms with Crippen LogP contribution in [0.2, 0.25) is 0 Å². The van der Waals surface area contributed by atoms with E-state index in [2.05, 4.69) is 5.32 Å². The SMILES string of the molecule is Cc1cc(F)c(C(=O)NC2CCCCC2)cc1O. The second kappa shape index (κ2) is 5.38. The lowest BCUT2D eigenvalue weighted by Gasteiger charge is -2.22. The highest BCUT2D eigenvalue weighted by atomic mass is 19.1. The summed E-state index contributed by atoms with van der Waals surface area (Å²) in [6, 6.07) is 2.52. The van der Waals surface area contributed by atoms with Crippen LogP contribution in [0.15, 0.2) is 12.1 Å². The molecule has 1 aromatic carbocycles. The van der Waals surface area contributed by atoms with Crippen molar-refractivity contribution in [3.05, 3.63) is 29.1 Å². The molecule has 2 N–H and O–H groups in total. The molecule has 1 aromatic rings. The minimum absolute atomic E-state index is 0.0507. The number of phenols is 1. The van der Waals surface area contributed by atoms with Crippen LogP contribution in [0.3, 0.4) is 0 Å². The smallest absolute Gasteiger partial charge is 0.254 e. The van der Waals surface area contributed by atoms with Crippen molar-refractivity contribution in [1.82, 2.24) is 5.32 Å². The van der Waals surface area contributed by atoms with E-state index < -0.39 is 11.7 Å². The maximum atomic E-state index is 13.7. The van der Waals surface area contributed by atoms with Crippen LogP contribution in [0.25, 0.3) is 0 Å². The van der Waals surface area contributed by atoms with E-state index in [-0.39, 0.29) is 17.4 Å². The second-order valence-electron chi connectivity index (χ2n) is 4.93. The van der Waals surface area contributed by atoms with Crippen LogP contribution in [-0.4, -0.2) is 17.1 Å². The van der Waals surface area contributed by atoms with Crippen molar-refractivity contribution >= 4 is 5.91 Å². The molecule has 0 aliphatic heterocycles. The molecule has 1 amide bonds. The van der Waals surface area contributed by atoms with Gasteiger partial charge in [0.05, 0.1) is 5.56 Å². The highest BCUT2D eigenvalue weighted by Crippen LogP contribution is 2.22. The van der Waals surface area contributed by atoms with Crippen molar-refractivity contribution in [2.45, 2.75) is 45.1 Å². The van der Waals surface area contributed by atoms with Crippen LogP contribution in [0.4, 0.5) is 4.39 Å². The number of amides is 1. The summed E-state index contributed by atoms with van der Waals surface area (Å²) in [5.74, 6) is -1.07. The van der Waals surface area contributed by atoms with Crippen molar-refractivity contribution in [3.8, 4) is 5.75 Å². The molecule has 0 atom stereocenters. The molecule has 0 bridgehead atoms. The van der Waals surface area contributed by atoms with E-state index in [4.69, 9.17) is 0 Å². The third-order valence-corrected chi connectivity index (χ3v) is 3.47. The van der Waals surface area contributed by atoms with E-state index in [1.807, 2.05) is 0 Å². The zero-order valence-electron chi connectivity index (χ0n) is 10.5. The first-order valence-electron chi connectivity index (χ1n) is 6.38. The summed E-state index contributed by atoms with van der Waals surface area (Å²) in [7, 11) is 0. The molecule has 0 unspecified atom stereocenters. The standard InChI is InChI=1S/C14H18FNO2/c1-9-7-12(15)11(8-13(9)17)14(18)16-10-5-3-2-4-6-10/h7-8,10,17H,2-6H2,1H3,(H,16,18). The Bertz CT molecular complexity index is 453. The molecule has 0 radical (unpaired) electrons. The quantitative estimate of drug-likeness (QED) is 0.849. The lowest BCUT2D eigenvalue weighted by Crippen LogP contribution is -2.36. The predicted octanol–water partition coefficient (Wildman–Crippen LogP) is 2.90. The summed E-state index contributed by atoms with van der Waals surface area (Å²) in [4.78, 5) is 11.9. The Balaban J connectivity index is 2.10. The highest BCUT2D eigenvalue weighted by Gasteiger charge is 2.19. The molecule has 1 aliphatic rings. The fourth-order valence-electron chi connectivity index (χ4n) is 2.35. The average molecular weight is 251 g/mol. The van der Waals surface area contributed by atoms with Gasteiger partial charge in [-0.1, -0.05) is 19.3 Å². The molecule has 18 heavy (non-hydrogen) atoms. The molecule has 0 spiro atoms. The fourth-order valence-corrected chi connectivity index (χ4v) is 2.35. The first-order valence-corrected chi connectivity index (χ1v) is 6.38. The molecule has 1 fully saturated rings. The van der Waals surface area contributed by atoms with Crippen LogP contribution >= 0.6 is 0 Å². The number of carbonyl (C=O) groups is 1. The van der Waals surface area contributed by atoms with Crippen molar-refractivity contribution in [3.63, 3.8) is 0 Å². The fraction of sp³-hybridized carbons (Fsp3) is 0.500. The van der Waals surface area contributed by atoms with Gasteiger partial charge >= 0.3 is 0 Å². The van der Waals surface area contributed by atoms with Crippen LogP contribution in [-0.2, 0) is 0 Å². The molecule has 4 heteroatoms. The van der Waals surface area contributed by atoms with E-state index in [0.717, 1.165) is 25.7 Å². The van der Waals surface area contributed by atoms with E-state index in [9.17, 15) is 14.3 Å². The highest BCUT2D eigenvalue weighted by molar-refractivity contribution is 5.95. The number of aromatic hydroxyl groups is 1. The number of phenolic OH excluding ortho intramolecular Hbond substituents is 1. The first-order chi connectivity index (χ1) is 8.58. The zero-order valence-corrected chi connectivity index (χ0v) is 10.5. The first kappa shape index (κ1) is 12.9. The molecule has 2 rings (SSSR count). The van der Waals surface area contributed by atoms with Gasteiger partial charge in [0, 0.05) is 6.04 Å². The Morgan fingerprint density at radius 3 is 2.67 bits per heavy atom. The number of nitrogens with one attached hydrogen (secondary N) is 1. The Morgan fingerprint density at radius 2 is 2.00 bits per heavy atom. The summed E-state index contributed by atoms with van der Waals surface area (Å²) < 4.78 is 13.7. The Hall–Kier alpha value is -1.58. The van der Waals surface area contributed by atoms with Crippen molar-refractivity contribution in [2.75, 3.05) is 0 Å². The Kier molecular flexibility index (Phi) is 3.84. The van der Waals surface area contributed by atoms with E-state index >= 15 is 0 Å². The Labute approximate surface area is 106 Å². The number of hydrogen-bond donors (Lipinski definition) is 2. The molecule has 1 saturated carbocycles. The van der Waals surface area contributed by atoms with Crippen molar-refractivity contribution < 1.29 is 14.3 Å². The normalized spacial score (nSPS) is 16.6. The zero-order chi connectivity index (χ0) is 13.1. The molecule has 0 heterocycles. The number of halogens is 1. The maximum absolute atomic E-state index is 13.7. The van der Waals surface area contributed by atoms with Gasteiger partial charge in [0.1, 0.15) is 11.6 Å². The number of hydrogen-bond acceptors (Lipinski definition) is 2. The van der Waals surface area contributed by atoms with Crippen molar-refractivity contribution in [2.24, 2.45) is 0 Å². The van der Waals surface area contributed by atoms with E-state index in [1.165, 1.54) is 18.6 Å². The van der Waals surface area contributed by atoms with Gasteiger partial charge in [0.2, 0.25) is 0 Å². The number of aryl methyl sites for hydroxylation is 1. The molecule has 3 nitrogen and oxygen atoms in total. The van der Waals surface area contributed by atoms with E-state index in [1.54, 1.807) is 6.92 Å². The molecular weight excluding hydrogens is 233 g/mol. The lowest BCUT2D eigenvalue weighted by atomic mass is 9.95. The van der Waals surface area contributed by atoms with Gasteiger partial charge < -0.3 is 10.4 Å². The summed E-state index contributed by atoms with van der Waals surface area (Å²) in [6.45, 7) is 1.60. The third-order valence-electron chi connectivity index (χ3n) is 3.47. The van der Waals surface area contributed by atoms with E-state index in [0.29, 0.717) is 5.56 Å². The number of rotatable bonds is 2. The number of benzene rings is 1. The third kappa shape index (κ3) is 2.81. The molecule has 1 aliphatic carbocycles. The van der Waals surface area contributed by atoms with Crippen LogP contribution in [0, 0.1) is 12.7 Å². The summed E-state index contributed by atoms with van der Waals surface area (Å²) >= 11 is 0. The van der Waals surface area contributed by atoms with Gasteiger partial charge in [-0.15, -0.1) is 0 Å². The van der Waals surface area contributed by atoms with Crippen molar-refractivity contribution in [1.29, 1.82) is 0 Å². The van der Waals surface area contributed by atoms with Gasteiger partial charge in [-0.05, 0) is 37.5 Å². The van der Waals surface area contributed by atoms with Crippen LogP contribution in [0.1, 0.15) is 48.0 Å². The summed E-state index contributed by atoms with van der Waals surface area (Å²) in [5.41, 5.74) is 0.352. The minimum atomic E-state index is -0.585.